The molecule has 3 aromatic heterocycles. The Bertz CT molecular complexity index is 1420. The summed E-state index contributed by atoms with van der Waals surface area (Å²) in [6.45, 7) is 2.75. The number of aryl methyl sites for hydroxylation is 2. The first-order valence-electron chi connectivity index (χ1n) is 11.1. The van der Waals surface area contributed by atoms with E-state index in [0.717, 1.165) is 46.8 Å². The normalized spacial score (nSPS) is 12.5. The van der Waals surface area contributed by atoms with Crippen molar-refractivity contribution in [2.24, 2.45) is 7.05 Å². The maximum absolute atomic E-state index is 6.18. The van der Waals surface area contributed by atoms with Gasteiger partial charge in [-0.3, -0.25) is 9.67 Å². The second-order valence-corrected chi connectivity index (χ2v) is 9.22. The minimum absolute atomic E-state index is 0.409. The van der Waals surface area contributed by atoms with Crippen molar-refractivity contribution in [1.29, 1.82) is 0 Å². The van der Waals surface area contributed by atoms with Crippen molar-refractivity contribution >= 4 is 50.4 Å². The number of ether oxygens (including phenoxy) is 1. The number of hydrogen-bond donors (Lipinski definition) is 3. The lowest BCUT2D eigenvalue weighted by Gasteiger charge is -2.22. The maximum Gasteiger partial charge on any atom is 0.229 e. The van der Waals surface area contributed by atoms with Crippen molar-refractivity contribution in [3.05, 3.63) is 52.7 Å². The third kappa shape index (κ3) is 4.23. The quantitative estimate of drug-likeness (QED) is 0.341. The van der Waals surface area contributed by atoms with Crippen LogP contribution in [-0.2, 0) is 13.5 Å². The number of nitrogens with one attached hydrogen (secondary N) is 2. The van der Waals surface area contributed by atoms with Crippen LogP contribution in [0.15, 0.2) is 41.3 Å². The van der Waals surface area contributed by atoms with E-state index in [2.05, 4.69) is 64.6 Å². The van der Waals surface area contributed by atoms with E-state index in [9.17, 15) is 0 Å². The average molecular weight is 536 g/mol. The summed E-state index contributed by atoms with van der Waals surface area (Å²) >= 11 is 3.52. The molecule has 0 aliphatic carbocycles. The molecule has 4 heterocycles. The van der Waals surface area contributed by atoms with Crippen LogP contribution in [0, 0.1) is 6.92 Å². The third-order valence-electron chi connectivity index (χ3n) is 6.20. The summed E-state index contributed by atoms with van der Waals surface area (Å²) in [5.41, 5.74) is 13.4. The van der Waals surface area contributed by atoms with Crippen LogP contribution in [0.3, 0.4) is 0 Å². The molecule has 0 spiro atoms. The first kappa shape index (κ1) is 22.9. The number of likely N-dealkylation sites (N-methyl/N-ethyl adjacent to an activating group) is 1. The predicted molar refractivity (Wildman–Crippen MR) is 142 cm³/mol. The Balaban J connectivity index is 1.53. The number of anilines is 6. The van der Waals surface area contributed by atoms with Crippen LogP contribution >= 0.6 is 15.9 Å². The molecule has 0 radical (unpaired) electrons. The smallest absolute Gasteiger partial charge is 0.229 e. The van der Waals surface area contributed by atoms with Gasteiger partial charge in [-0.25, -0.2) is 4.98 Å². The van der Waals surface area contributed by atoms with Gasteiger partial charge in [0, 0.05) is 68.0 Å². The molecule has 4 aromatic rings. The first-order valence-corrected chi connectivity index (χ1v) is 11.9. The molecule has 0 fully saturated rings. The number of halogens is 1. The van der Waals surface area contributed by atoms with E-state index in [4.69, 9.17) is 10.5 Å². The SMILES string of the molecule is COc1cc2c(cc1Nc1ncc(Br)c(Nc3ccnc(C)c3N)n1)-c1cnn(C)c1CCN2C. The number of nitrogen functional groups attached to an aromatic ring is 1. The fourth-order valence-electron chi connectivity index (χ4n) is 4.20. The van der Waals surface area contributed by atoms with Crippen LogP contribution in [0.25, 0.3) is 11.1 Å². The molecule has 0 atom stereocenters. The van der Waals surface area contributed by atoms with Gasteiger partial charge in [0.2, 0.25) is 5.95 Å². The maximum atomic E-state index is 6.18. The molecule has 1 aliphatic heterocycles. The molecule has 0 saturated carbocycles. The number of pyridine rings is 1. The number of hydrogen-bond acceptors (Lipinski definition) is 9. The van der Waals surface area contributed by atoms with Gasteiger partial charge < -0.3 is 26.0 Å². The first-order chi connectivity index (χ1) is 16.9. The zero-order chi connectivity index (χ0) is 24.7. The average Bonchev–Trinajstić information content (AvgIpc) is 3.15. The molecule has 1 aromatic carbocycles. The van der Waals surface area contributed by atoms with Crippen molar-refractivity contribution in [1.82, 2.24) is 24.7 Å². The zero-order valence-electron chi connectivity index (χ0n) is 19.9. The van der Waals surface area contributed by atoms with Crippen LogP contribution in [-0.4, -0.2) is 45.4 Å². The van der Waals surface area contributed by atoms with Crippen molar-refractivity contribution in [2.75, 3.05) is 42.0 Å². The Morgan fingerprint density at radius 3 is 2.71 bits per heavy atom. The fraction of sp³-hybridized carbons (Fsp3) is 0.250. The lowest BCUT2D eigenvalue weighted by Crippen LogP contribution is -2.20. The van der Waals surface area contributed by atoms with Gasteiger partial charge in [-0.1, -0.05) is 0 Å². The molecule has 0 unspecified atom stereocenters. The van der Waals surface area contributed by atoms with Crippen LogP contribution in [0.1, 0.15) is 11.4 Å². The number of nitrogens with two attached hydrogens (primary N) is 1. The van der Waals surface area contributed by atoms with Crippen LogP contribution in [0.2, 0.25) is 0 Å². The van der Waals surface area contributed by atoms with Gasteiger partial charge in [0.1, 0.15) is 11.6 Å². The van der Waals surface area contributed by atoms with E-state index >= 15 is 0 Å². The van der Waals surface area contributed by atoms with Crippen molar-refractivity contribution in [2.45, 2.75) is 13.3 Å². The molecule has 35 heavy (non-hydrogen) atoms. The van der Waals surface area contributed by atoms with Gasteiger partial charge >= 0.3 is 0 Å². The van der Waals surface area contributed by atoms with E-state index in [1.807, 2.05) is 30.9 Å². The van der Waals surface area contributed by atoms with Gasteiger partial charge in [0.15, 0.2) is 0 Å². The van der Waals surface area contributed by atoms with E-state index in [0.29, 0.717) is 27.7 Å². The minimum atomic E-state index is 0.409. The molecule has 180 valence electrons. The highest BCUT2D eigenvalue weighted by Crippen LogP contribution is 2.42. The second kappa shape index (κ2) is 9.06. The Kier molecular flexibility index (Phi) is 5.93. The topological polar surface area (TPSA) is 119 Å². The predicted octanol–water partition coefficient (Wildman–Crippen LogP) is 4.41. The lowest BCUT2D eigenvalue weighted by molar-refractivity contribution is 0.417. The van der Waals surface area contributed by atoms with Gasteiger partial charge in [-0.15, -0.1) is 0 Å². The number of rotatable bonds is 5. The Hall–Kier alpha value is -3.86. The van der Waals surface area contributed by atoms with E-state index in [1.165, 1.54) is 5.69 Å². The largest absolute Gasteiger partial charge is 0.494 e. The molecule has 5 rings (SSSR count). The Morgan fingerprint density at radius 2 is 1.91 bits per heavy atom. The van der Waals surface area contributed by atoms with Gasteiger partial charge in [0.25, 0.3) is 0 Å². The molecular formula is C24H26BrN9O. The number of nitrogens with zero attached hydrogens (tertiary/aromatic N) is 6. The molecule has 4 N–H and O–H groups in total. The number of fused-ring (bicyclic) bond motifs is 3. The molecule has 0 saturated heterocycles. The number of aromatic nitrogens is 5. The summed E-state index contributed by atoms with van der Waals surface area (Å²) in [4.78, 5) is 15.6. The van der Waals surface area contributed by atoms with Crippen molar-refractivity contribution in [3.63, 3.8) is 0 Å². The van der Waals surface area contributed by atoms with Crippen LogP contribution in [0.5, 0.6) is 5.75 Å². The zero-order valence-corrected chi connectivity index (χ0v) is 21.5. The highest BCUT2D eigenvalue weighted by Gasteiger charge is 2.23. The molecule has 10 nitrogen and oxygen atoms in total. The third-order valence-corrected chi connectivity index (χ3v) is 6.78. The Labute approximate surface area is 211 Å². The summed E-state index contributed by atoms with van der Waals surface area (Å²) in [6.07, 6.45) is 6.21. The number of benzene rings is 1. The van der Waals surface area contributed by atoms with Crippen molar-refractivity contribution in [3.8, 4) is 16.9 Å². The molecule has 11 heteroatoms. The van der Waals surface area contributed by atoms with Crippen LogP contribution < -0.4 is 26.0 Å². The van der Waals surface area contributed by atoms with Gasteiger partial charge in [0.05, 0.1) is 40.5 Å². The van der Waals surface area contributed by atoms with Gasteiger partial charge in [-0.05, 0) is 35.0 Å². The fourth-order valence-corrected chi connectivity index (χ4v) is 4.49. The highest BCUT2D eigenvalue weighted by atomic mass is 79.9. The van der Waals surface area contributed by atoms with E-state index in [1.54, 1.807) is 25.6 Å². The number of methoxy groups -OCH3 is 1. The second-order valence-electron chi connectivity index (χ2n) is 8.37. The van der Waals surface area contributed by atoms with Crippen molar-refractivity contribution < 1.29 is 4.74 Å². The van der Waals surface area contributed by atoms with E-state index < -0.39 is 0 Å². The molecular weight excluding hydrogens is 510 g/mol. The highest BCUT2D eigenvalue weighted by molar-refractivity contribution is 9.10. The summed E-state index contributed by atoms with van der Waals surface area (Å²) in [5.74, 6) is 1.67. The van der Waals surface area contributed by atoms with Gasteiger partial charge in [-0.2, -0.15) is 10.1 Å². The summed E-state index contributed by atoms with van der Waals surface area (Å²) in [6, 6.07) is 5.92. The summed E-state index contributed by atoms with van der Waals surface area (Å²) in [5, 5.41) is 11.1. The Morgan fingerprint density at radius 1 is 1.09 bits per heavy atom. The molecule has 0 amide bonds. The van der Waals surface area contributed by atoms with Crippen LogP contribution in [0.4, 0.5) is 34.5 Å². The summed E-state index contributed by atoms with van der Waals surface area (Å²) in [7, 11) is 5.73. The lowest BCUT2D eigenvalue weighted by atomic mass is 10.0. The minimum Gasteiger partial charge on any atom is -0.494 e. The summed E-state index contributed by atoms with van der Waals surface area (Å²) < 4.78 is 8.37. The standard InChI is InChI=1S/C24H26BrN9O/c1-13-22(26)17(5-7-27-13)30-23-16(25)12-28-24(32-23)31-18-9-14-15-11-29-34(3)19(15)6-8-33(2)20(14)10-21(18)35-4/h5,7,9-12H,6,8,26H2,1-4H3,(H2,27,28,30,31,32). The molecule has 1 aliphatic rings. The van der Waals surface area contributed by atoms with E-state index in [-0.39, 0.29) is 0 Å². The monoisotopic (exact) mass is 535 g/mol. The molecule has 0 bridgehead atoms.